The monoisotopic (exact) mass is 193 g/mol. The van der Waals surface area contributed by atoms with E-state index in [0.717, 1.165) is 22.8 Å². The molecule has 0 aliphatic heterocycles. The number of methoxy groups -OCH3 is 2. The van der Waals surface area contributed by atoms with Crippen molar-refractivity contribution in [3.05, 3.63) is 23.8 Å². The topological polar surface area (TPSA) is 30.8 Å². The van der Waals surface area contributed by atoms with Gasteiger partial charge in [0, 0.05) is 24.4 Å². The van der Waals surface area contributed by atoms with Gasteiger partial charge in [-0.25, -0.2) is 0 Å². The van der Waals surface area contributed by atoms with Crippen molar-refractivity contribution >= 4 is 5.71 Å². The number of hydrogen-bond donors (Lipinski definition) is 0. The normalized spacial score (nSPS) is 11.3. The Labute approximate surface area is 84.4 Å². The molecule has 14 heavy (non-hydrogen) atoms. The van der Waals surface area contributed by atoms with Crippen LogP contribution < -0.4 is 9.47 Å². The second-order valence-corrected chi connectivity index (χ2v) is 2.88. The van der Waals surface area contributed by atoms with Gasteiger partial charge in [0.2, 0.25) is 0 Å². The molecule has 0 saturated heterocycles. The van der Waals surface area contributed by atoms with Crippen molar-refractivity contribution in [2.45, 2.75) is 6.92 Å². The summed E-state index contributed by atoms with van der Waals surface area (Å²) in [4.78, 5) is 4.12. The quantitative estimate of drug-likeness (QED) is 0.688. The lowest BCUT2D eigenvalue weighted by atomic mass is 10.1. The summed E-state index contributed by atoms with van der Waals surface area (Å²) in [5.74, 6) is 1.57. The maximum Gasteiger partial charge on any atom is 0.131 e. The minimum absolute atomic E-state index is 0.785. The van der Waals surface area contributed by atoms with Gasteiger partial charge in [-0.1, -0.05) is 0 Å². The number of hydrogen-bond acceptors (Lipinski definition) is 3. The van der Waals surface area contributed by atoms with Crippen LogP contribution in [0.1, 0.15) is 12.5 Å². The number of ether oxygens (including phenoxy) is 2. The van der Waals surface area contributed by atoms with E-state index in [2.05, 4.69) is 4.99 Å². The van der Waals surface area contributed by atoms with Crippen LogP contribution in [0.4, 0.5) is 0 Å². The Balaban J connectivity index is 3.18. The van der Waals surface area contributed by atoms with Gasteiger partial charge in [-0.3, -0.25) is 4.99 Å². The molecule has 0 radical (unpaired) electrons. The fraction of sp³-hybridized carbons (Fsp3) is 0.364. The Morgan fingerprint density at radius 1 is 1.21 bits per heavy atom. The Hall–Kier alpha value is -1.51. The summed E-state index contributed by atoms with van der Waals surface area (Å²) in [6.07, 6.45) is 0. The van der Waals surface area contributed by atoms with Crippen molar-refractivity contribution < 1.29 is 9.47 Å². The lowest BCUT2D eigenvalue weighted by Crippen LogP contribution is -1.99. The SMILES string of the molecule is CN=C(C)c1ccc(OC)cc1OC. The average molecular weight is 193 g/mol. The number of benzene rings is 1. The van der Waals surface area contributed by atoms with Gasteiger partial charge in [0.25, 0.3) is 0 Å². The molecule has 0 unspecified atom stereocenters. The van der Waals surface area contributed by atoms with Crippen LogP contribution in [0.2, 0.25) is 0 Å². The molecule has 0 fully saturated rings. The van der Waals surface area contributed by atoms with Gasteiger partial charge in [-0.05, 0) is 19.1 Å². The van der Waals surface area contributed by atoms with E-state index < -0.39 is 0 Å². The largest absolute Gasteiger partial charge is 0.497 e. The van der Waals surface area contributed by atoms with Crippen LogP contribution >= 0.6 is 0 Å². The van der Waals surface area contributed by atoms with Gasteiger partial charge in [-0.15, -0.1) is 0 Å². The molecule has 1 aromatic rings. The van der Waals surface area contributed by atoms with E-state index in [9.17, 15) is 0 Å². The van der Waals surface area contributed by atoms with Gasteiger partial charge in [0.15, 0.2) is 0 Å². The van der Waals surface area contributed by atoms with Crippen LogP contribution in [-0.4, -0.2) is 27.0 Å². The minimum Gasteiger partial charge on any atom is -0.497 e. The number of rotatable bonds is 3. The molecule has 0 N–H and O–H groups in total. The smallest absolute Gasteiger partial charge is 0.131 e. The maximum atomic E-state index is 5.25. The summed E-state index contributed by atoms with van der Waals surface area (Å²) in [5.41, 5.74) is 1.94. The molecule has 0 saturated carbocycles. The summed E-state index contributed by atoms with van der Waals surface area (Å²) in [6, 6.07) is 5.69. The van der Waals surface area contributed by atoms with Crippen LogP contribution in [-0.2, 0) is 0 Å². The highest BCUT2D eigenvalue weighted by Crippen LogP contribution is 2.24. The minimum atomic E-state index is 0.785. The van der Waals surface area contributed by atoms with Crippen LogP contribution in [0.5, 0.6) is 11.5 Å². The fourth-order valence-corrected chi connectivity index (χ4v) is 1.22. The molecule has 0 amide bonds. The number of nitrogens with zero attached hydrogens (tertiary/aromatic N) is 1. The first-order valence-electron chi connectivity index (χ1n) is 4.38. The molecule has 0 aliphatic rings. The lowest BCUT2D eigenvalue weighted by molar-refractivity contribution is 0.394. The van der Waals surface area contributed by atoms with E-state index in [1.54, 1.807) is 21.3 Å². The molecule has 0 spiro atoms. The summed E-state index contributed by atoms with van der Waals surface area (Å²) in [5, 5.41) is 0. The molecule has 0 aromatic heterocycles. The summed E-state index contributed by atoms with van der Waals surface area (Å²) < 4.78 is 10.4. The van der Waals surface area contributed by atoms with E-state index >= 15 is 0 Å². The standard InChI is InChI=1S/C11H15NO2/c1-8(12-2)10-6-5-9(13-3)7-11(10)14-4/h5-7H,1-4H3. The lowest BCUT2D eigenvalue weighted by Gasteiger charge is -2.09. The molecule has 3 heteroatoms. The van der Waals surface area contributed by atoms with Crippen molar-refractivity contribution in [2.24, 2.45) is 4.99 Å². The van der Waals surface area contributed by atoms with Gasteiger partial charge < -0.3 is 9.47 Å². The third-order valence-corrected chi connectivity index (χ3v) is 2.13. The first-order valence-corrected chi connectivity index (χ1v) is 4.38. The van der Waals surface area contributed by atoms with Gasteiger partial charge >= 0.3 is 0 Å². The Kier molecular flexibility index (Phi) is 3.51. The van der Waals surface area contributed by atoms with Crippen LogP contribution in [0, 0.1) is 0 Å². The van der Waals surface area contributed by atoms with Gasteiger partial charge in [-0.2, -0.15) is 0 Å². The average Bonchev–Trinajstić information content (AvgIpc) is 2.27. The predicted octanol–water partition coefficient (Wildman–Crippen LogP) is 2.14. The zero-order valence-electron chi connectivity index (χ0n) is 9.00. The summed E-state index contributed by atoms with van der Waals surface area (Å²) in [7, 11) is 5.04. The first kappa shape index (κ1) is 10.6. The highest BCUT2D eigenvalue weighted by atomic mass is 16.5. The maximum absolute atomic E-state index is 5.25. The molecule has 0 aliphatic carbocycles. The van der Waals surface area contributed by atoms with Crippen molar-refractivity contribution in [3.63, 3.8) is 0 Å². The van der Waals surface area contributed by atoms with E-state index in [-0.39, 0.29) is 0 Å². The molecular formula is C11H15NO2. The molecule has 0 heterocycles. The van der Waals surface area contributed by atoms with Crippen molar-refractivity contribution in [1.82, 2.24) is 0 Å². The number of aliphatic imine (C=N–C) groups is 1. The van der Waals surface area contributed by atoms with Gasteiger partial charge in [0.1, 0.15) is 11.5 Å². The second-order valence-electron chi connectivity index (χ2n) is 2.88. The van der Waals surface area contributed by atoms with E-state index in [1.165, 1.54) is 0 Å². The van der Waals surface area contributed by atoms with Crippen molar-refractivity contribution in [2.75, 3.05) is 21.3 Å². The van der Waals surface area contributed by atoms with E-state index in [1.807, 2.05) is 25.1 Å². The van der Waals surface area contributed by atoms with Gasteiger partial charge in [0.05, 0.1) is 14.2 Å². The van der Waals surface area contributed by atoms with Crippen LogP contribution in [0.15, 0.2) is 23.2 Å². The summed E-state index contributed by atoms with van der Waals surface area (Å²) in [6.45, 7) is 1.95. The van der Waals surface area contributed by atoms with Crippen molar-refractivity contribution in [1.29, 1.82) is 0 Å². The molecule has 3 nitrogen and oxygen atoms in total. The second kappa shape index (κ2) is 4.65. The third kappa shape index (κ3) is 2.05. The Morgan fingerprint density at radius 2 is 1.93 bits per heavy atom. The Morgan fingerprint density at radius 3 is 2.43 bits per heavy atom. The highest BCUT2D eigenvalue weighted by Gasteiger charge is 2.06. The molecule has 76 valence electrons. The van der Waals surface area contributed by atoms with E-state index in [0.29, 0.717) is 0 Å². The van der Waals surface area contributed by atoms with Crippen molar-refractivity contribution in [3.8, 4) is 11.5 Å². The van der Waals surface area contributed by atoms with Crippen LogP contribution in [0.25, 0.3) is 0 Å². The summed E-state index contributed by atoms with van der Waals surface area (Å²) >= 11 is 0. The molecule has 0 atom stereocenters. The molecule has 0 bridgehead atoms. The molecule has 1 rings (SSSR count). The fourth-order valence-electron chi connectivity index (χ4n) is 1.22. The molecular weight excluding hydrogens is 178 g/mol. The first-order chi connectivity index (χ1) is 6.72. The van der Waals surface area contributed by atoms with E-state index in [4.69, 9.17) is 9.47 Å². The zero-order chi connectivity index (χ0) is 10.6. The Bertz CT molecular complexity index is 345. The predicted molar refractivity (Wildman–Crippen MR) is 57.7 cm³/mol. The van der Waals surface area contributed by atoms with Crippen LogP contribution in [0.3, 0.4) is 0 Å². The molecule has 1 aromatic carbocycles. The zero-order valence-corrected chi connectivity index (χ0v) is 9.00. The third-order valence-electron chi connectivity index (χ3n) is 2.13. The highest BCUT2D eigenvalue weighted by molar-refractivity contribution is 6.01.